The number of amides is 1. The zero-order valence-corrected chi connectivity index (χ0v) is 19.9. The Labute approximate surface area is 191 Å². The molecule has 0 unspecified atom stereocenters. The summed E-state index contributed by atoms with van der Waals surface area (Å²) in [5.41, 5.74) is 3.44. The normalized spacial score (nSPS) is 14.9. The molecule has 0 atom stereocenters. The van der Waals surface area contributed by atoms with Crippen molar-refractivity contribution >= 4 is 54.0 Å². The Hall–Kier alpha value is -2.16. The van der Waals surface area contributed by atoms with Gasteiger partial charge in [0.25, 0.3) is 0 Å². The lowest BCUT2D eigenvalue weighted by Crippen LogP contribution is -2.49. The quantitative estimate of drug-likeness (QED) is 0.553. The van der Waals surface area contributed by atoms with E-state index in [0.717, 1.165) is 10.6 Å². The van der Waals surface area contributed by atoms with Gasteiger partial charge in [0, 0.05) is 37.6 Å². The number of rotatable bonds is 5. The summed E-state index contributed by atoms with van der Waals surface area (Å²) in [5.74, 6) is -0.336. The van der Waals surface area contributed by atoms with Crippen molar-refractivity contribution < 1.29 is 13.2 Å². The summed E-state index contributed by atoms with van der Waals surface area (Å²) in [6.07, 6.45) is -0.0232. The molecule has 1 aliphatic heterocycles. The van der Waals surface area contributed by atoms with E-state index in [9.17, 15) is 13.2 Å². The van der Waals surface area contributed by atoms with Crippen LogP contribution in [0.3, 0.4) is 0 Å². The van der Waals surface area contributed by atoms with Gasteiger partial charge >= 0.3 is 0 Å². The third-order valence-electron chi connectivity index (χ3n) is 5.48. The highest BCUT2D eigenvalue weighted by Gasteiger charge is 2.25. The van der Waals surface area contributed by atoms with Gasteiger partial charge in [-0.1, -0.05) is 29.0 Å². The van der Waals surface area contributed by atoms with Crippen LogP contribution in [0, 0.1) is 13.8 Å². The molecular weight excluding hydrogens is 454 g/mol. The summed E-state index contributed by atoms with van der Waals surface area (Å²) in [6, 6.07) is 10.3. The summed E-state index contributed by atoms with van der Waals surface area (Å²) in [5, 5.41) is 1.45. The number of hydrogen-bond acceptors (Lipinski definition) is 6. The second kappa shape index (κ2) is 8.76. The number of carbonyl (C=O) groups is 1. The van der Waals surface area contributed by atoms with Crippen molar-refractivity contribution in [2.24, 2.45) is 0 Å². The van der Waals surface area contributed by atoms with Gasteiger partial charge in [0.15, 0.2) is 15.0 Å². The number of anilines is 1. The van der Waals surface area contributed by atoms with Crippen LogP contribution in [0.25, 0.3) is 10.2 Å². The Morgan fingerprint density at radius 1 is 1.10 bits per heavy atom. The van der Waals surface area contributed by atoms with Gasteiger partial charge in [-0.15, -0.1) is 0 Å². The van der Waals surface area contributed by atoms with Gasteiger partial charge in [0.2, 0.25) is 5.91 Å². The van der Waals surface area contributed by atoms with Crippen molar-refractivity contribution in [2.45, 2.75) is 25.2 Å². The second-order valence-corrected chi connectivity index (χ2v) is 11.4. The molecule has 0 radical (unpaired) electrons. The fourth-order valence-electron chi connectivity index (χ4n) is 3.78. The van der Waals surface area contributed by atoms with E-state index in [1.165, 1.54) is 28.0 Å². The largest absolute Gasteiger partial charge is 0.345 e. The standard InChI is InChI=1S/C22H24ClN3O3S2/c1-15-13-16(2)21-19(14-15)30-22(24-21)26-10-8-25(9-11-26)20(27)7-12-31(28,29)18-5-3-17(23)4-6-18/h3-6,13-14H,7-12H2,1-2H3. The van der Waals surface area contributed by atoms with Gasteiger partial charge in [0.1, 0.15) is 0 Å². The molecule has 2 aromatic carbocycles. The van der Waals surface area contributed by atoms with Crippen molar-refractivity contribution in [3.8, 4) is 0 Å². The average molecular weight is 478 g/mol. The number of aryl methyl sites for hydroxylation is 2. The molecule has 1 saturated heterocycles. The Morgan fingerprint density at radius 3 is 2.45 bits per heavy atom. The zero-order chi connectivity index (χ0) is 22.2. The van der Waals surface area contributed by atoms with Crippen molar-refractivity contribution in [3.63, 3.8) is 0 Å². The molecule has 0 saturated carbocycles. The van der Waals surface area contributed by atoms with Crippen LogP contribution in [-0.4, -0.2) is 56.1 Å². The maximum atomic E-state index is 12.6. The van der Waals surface area contributed by atoms with Gasteiger partial charge in [-0.2, -0.15) is 0 Å². The van der Waals surface area contributed by atoms with Crippen LogP contribution in [0.15, 0.2) is 41.3 Å². The number of nitrogens with zero attached hydrogens (tertiary/aromatic N) is 3. The molecule has 31 heavy (non-hydrogen) atoms. The summed E-state index contributed by atoms with van der Waals surface area (Å²) in [7, 11) is -3.51. The van der Waals surface area contributed by atoms with Crippen LogP contribution in [0.2, 0.25) is 5.02 Å². The Kier molecular flexibility index (Phi) is 6.23. The minimum Gasteiger partial charge on any atom is -0.345 e. The molecule has 0 spiro atoms. The first-order valence-corrected chi connectivity index (χ1v) is 13.0. The zero-order valence-electron chi connectivity index (χ0n) is 17.5. The van der Waals surface area contributed by atoms with Crippen LogP contribution >= 0.6 is 22.9 Å². The second-order valence-electron chi connectivity index (χ2n) is 7.82. The molecule has 0 N–H and O–H groups in total. The van der Waals surface area contributed by atoms with Crippen molar-refractivity contribution in [1.29, 1.82) is 0 Å². The number of fused-ring (bicyclic) bond motifs is 1. The lowest BCUT2D eigenvalue weighted by Gasteiger charge is -2.34. The first kappa shape index (κ1) is 22.0. The average Bonchev–Trinajstić information content (AvgIpc) is 3.17. The summed E-state index contributed by atoms with van der Waals surface area (Å²) < 4.78 is 26.1. The molecule has 0 aliphatic carbocycles. The number of halogens is 1. The SMILES string of the molecule is Cc1cc(C)c2nc(N3CCN(C(=O)CCS(=O)(=O)c4ccc(Cl)cc4)CC3)sc2c1. The van der Waals surface area contributed by atoms with Gasteiger partial charge in [-0.3, -0.25) is 4.79 Å². The maximum Gasteiger partial charge on any atom is 0.223 e. The molecular formula is C22H24ClN3O3S2. The van der Waals surface area contributed by atoms with E-state index in [2.05, 4.69) is 30.9 Å². The van der Waals surface area contributed by atoms with Crippen molar-refractivity contribution in [3.05, 3.63) is 52.5 Å². The van der Waals surface area contributed by atoms with E-state index in [4.69, 9.17) is 16.6 Å². The Bertz CT molecular complexity index is 1210. The number of sulfone groups is 1. The topological polar surface area (TPSA) is 70.6 Å². The van der Waals surface area contributed by atoms with Crippen molar-refractivity contribution in [2.75, 3.05) is 36.8 Å². The highest BCUT2D eigenvalue weighted by atomic mass is 35.5. The maximum absolute atomic E-state index is 12.6. The van der Waals surface area contributed by atoms with Crippen LogP contribution in [-0.2, 0) is 14.6 Å². The monoisotopic (exact) mass is 477 g/mol. The Morgan fingerprint density at radius 2 is 1.77 bits per heavy atom. The summed E-state index contributed by atoms with van der Waals surface area (Å²) in [4.78, 5) is 21.6. The van der Waals surface area contributed by atoms with E-state index in [1.807, 2.05) is 0 Å². The number of benzene rings is 2. The van der Waals surface area contributed by atoms with Gasteiger partial charge in [-0.05, 0) is 55.3 Å². The first-order chi connectivity index (χ1) is 14.7. The molecule has 3 aromatic rings. The number of thiazole rings is 1. The molecule has 6 nitrogen and oxygen atoms in total. The highest BCUT2D eigenvalue weighted by Crippen LogP contribution is 2.32. The fraction of sp³-hybridized carbons (Fsp3) is 0.364. The fourth-order valence-corrected chi connectivity index (χ4v) is 6.33. The molecule has 1 fully saturated rings. The van der Waals surface area contributed by atoms with E-state index < -0.39 is 9.84 Å². The lowest BCUT2D eigenvalue weighted by atomic mass is 10.1. The first-order valence-electron chi connectivity index (χ1n) is 10.1. The molecule has 1 aromatic heterocycles. The van der Waals surface area contributed by atoms with Crippen LogP contribution < -0.4 is 4.90 Å². The van der Waals surface area contributed by atoms with Crippen LogP contribution in [0.4, 0.5) is 5.13 Å². The predicted molar refractivity (Wildman–Crippen MR) is 126 cm³/mol. The summed E-state index contributed by atoms with van der Waals surface area (Å²) >= 11 is 7.50. The van der Waals surface area contributed by atoms with E-state index in [1.54, 1.807) is 28.4 Å². The van der Waals surface area contributed by atoms with Crippen molar-refractivity contribution in [1.82, 2.24) is 9.88 Å². The molecule has 2 heterocycles. The van der Waals surface area contributed by atoms with Crippen LogP contribution in [0.1, 0.15) is 17.5 Å². The highest BCUT2D eigenvalue weighted by molar-refractivity contribution is 7.91. The number of aromatic nitrogens is 1. The van der Waals surface area contributed by atoms with Gasteiger partial charge < -0.3 is 9.80 Å². The molecule has 1 amide bonds. The van der Waals surface area contributed by atoms with Gasteiger partial charge in [0.05, 0.1) is 20.9 Å². The smallest absolute Gasteiger partial charge is 0.223 e. The van der Waals surface area contributed by atoms with Gasteiger partial charge in [-0.25, -0.2) is 13.4 Å². The number of hydrogen-bond donors (Lipinski definition) is 0. The Balaban J connectivity index is 1.35. The van der Waals surface area contributed by atoms with Crippen LogP contribution in [0.5, 0.6) is 0 Å². The predicted octanol–water partition coefficient (Wildman–Crippen LogP) is 4.08. The molecule has 9 heteroatoms. The van der Waals surface area contributed by atoms with E-state index in [0.29, 0.717) is 31.2 Å². The van der Waals surface area contributed by atoms with E-state index >= 15 is 0 Å². The minimum absolute atomic E-state index is 0.0232. The molecule has 164 valence electrons. The molecule has 4 rings (SSSR count). The summed E-state index contributed by atoms with van der Waals surface area (Å²) in [6.45, 7) is 6.67. The number of carbonyl (C=O) groups excluding carboxylic acids is 1. The van der Waals surface area contributed by atoms with E-state index in [-0.39, 0.29) is 23.0 Å². The lowest BCUT2D eigenvalue weighted by molar-refractivity contribution is -0.131. The third-order valence-corrected chi connectivity index (χ3v) is 8.53. The molecule has 0 bridgehead atoms. The molecule has 1 aliphatic rings. The minimum atomic E-state index is -3.51. The number of piperazine rings is 1. The third kappa shape index (κ3) is 4.86.